The number of anilines is 1. The average molecular weight is 467 g/mol. The van der Waals surface area contributed by atoms with Crippen molar-refractivity contribution in [1.82, 2.24) is 29.3 Å². The van der Waals surface area contributed by atoms with Crippen LogP contribution in [0.1, 0.15) is 25.3 Å². The fourth-order valence-electron chi connectivity index (χ4n) is 5.42. The minimum Gasteiger partial charge on any atom is -0.355 e. The van der Waals surface area contributed by atoms with Gasteiger partial charge in [-0.1, -0.05) is 0 Å². The van der Waals surface area contributed by atoms with E-state index in [0.29, 0.717) is 11.0 Å². The molecule has 0 saturated carbocycles. The van der Waals surface area contributed by atoms with Crippen LogP contribution < -0.4 is 4.90 Å². The summed E-state index contributed by atoms with van der Waals surface area (Å²) in [4.78, 5) is 20.7. The van der Waals surface area contributed by atoms with Crippen molar-refractivity contribution >= 4 is 17.2 Å². The number of hydrogen-bond donors (Lipinski definition) is 0. The maximum atomic E-state index is 11.6. The molecule has 0 atom stereocenters. The molecule has 2 aliphatic heterocycles. The highest BCUT2D eigenvalue weighted by atomic mass is 16.2. The molecule has 6 rings (SSSR count). The summed E-state index contributed by atoms with van der Waals surface area (Å²) in [5, 5.41) is 18.4. The third-order valence-electron chi connectivity index (χ3n) is 7.48. The molecule has 9 heteroatoms. The van der Waals surface area contributed by atoms with Gasteiger partial charge in [-0.05, 0) is 31.0 Å². The summed E-state index contributed by atoms with van der Waals surface area (Å²) in [6.45, 7) is 5.32. The van der Waals surface area contributed by atoms with Gasteiger partial charge < -0.3 is 9.80 Å². The molecular formula is C26H26N8O. The van der Waals surface area contributed by atoms with Crippen molar-refractivity contribution in [3.05, 3.63) is 54.7 Å². The SMILES string of the molecule is CC(=O)N1CCC2(CC1)CN(c1ccc(-c3cc(-c4cnn(C)c4)cn4ncc(C#N)c34)cn1)C2. The first-order valence-corrected chi connectivity index (χ1v) is 11.8. The number of rotatable bonds is 3. The van der Waals surface area contributed by atoms with Crippen LogP contribution in [0, 0.1) is 16.7 Å². The number of aromatic nitrogens is 5. The first kappa shape index (κ1) is 21.4. The molecule has 4 aromatic heterocycles. The molecule has 6 heterocycles. The van der Waals surface area contributed by atoms with E-state index in [2.05, 4.69) is 39.4 Å². The summed E-state index contributed by atoms with van der Waals surface area (Å²) in [6.07, 6.45) is 11.3. The molecule has 0 unspecified atom stereocenters. The molecule has 0 aromatic carbocycles. The molecule has 176 valence electrons. The fourth-order valence-corrected chi connectivity index (χ4v) is 5.42. The van der Waals surface area contributed by atoms with Crippen LogP contribution in [0.4, 0.5) is 5.82 Å². The highest BCUT2D eigenvalue weighted by molar-refractivity contribution is 5.87. The standard InChI is InChI=1S/C26H26N8O/c1-18(35)32-7-5-26(6-8-32)16-33(17-26)24-4-3-19(11-28-24)23-9-20(22-13-29-31(2)14-22)15-34-25(23)21(10-27)12-30-34/h3-4,9,11-15H,5-8,16-17H2,1-2H3. The molecule has 1 spiro atoms. The molecule has 1 amide bonds. The first-order chi connectivity index (χ1) is 16.9. The van der Waals surface area contributed by atoms with Crippen LogP contribution in [-0.2, 0) is 11.8 Å². The van der Waals surface area contributed by atoms with Crippen LogP contribution >= 0.6 is 0 Å². The number of pyridine rings is 2. The van der Waals surface area contributed by atoms with E-state index in [1.54, 1.807) is 22.3 Å². The number of likely N-dealkylation sites (tertiary alicyclic amines) is 1. The third kappa shape index (κ3) is 3.62. The predicted octanol–water partition coefficient (Wildman–Crippen LogP) is 3.12. The van der Waals surface area contributed by atoms with Gasteiger partial charge in [0.05, 0.1) is 23.5 Å². The zero-order valence-corrected chi connectivity index (χ0v) is 19.8. The van der Waals surface area contributed by atoms with Gasteiger partial charge in [0.25, 0.3) is 0 Å². The van der Waals surface area contributed by atoms with Crippen LogP contribution in [-0.4, -0.2) is 61.4 Å². The van der Waals surface area contributed by atoms with Crippen molar-refractivity contribution in [2.24, 2.45) is 12.5 Å². The zero-order chi connectivity index (χ0) is 24.2. The van der Waals surface area contributed by atoms with Crippen molar-refractivity contribution in [3.8, 4) is 28.3 Å². The number of amides is 1. The minimum atomic E-state index is 0.174. The molecule has 0 radical (unpaired) electrons. The smallest absolute Gasteiger partial charge is 0.219 e. The maximum Gasteiger partial charge on any atom is 0.219 e. The van der Waals surface area contributed by atoms with Gasteiger partial charge in [-0.25, -0.2) is 9.50 Å². The van der Waals surface area contributed by atoms with Crippen molar-refractivity contribution in [2.45, 2.75) is 19.8 Å². The normalized spacial score (nSPS) is 16.9. The Hall–Kier alpha value is -4.19. The van der Waals surface area contributed by atoms with Crippen molar-refractivity contribution in [2.75, 3.05) is 31.1 Å². The zero-order valence-electron chi connectivity index (χ0n) is 19.8. The lowest BCUT2D eigenvalue weighted by molar-refractivity contribution is -0.131. The number of nitrogens with zero attached hydrogens (tertiary/aromatic N) is 8. The molecule has 0 N–H and O–H groups in total. The Kier molecular flexibility index (Phi) is 4.85. The van der Waals surface area contributed by atoms with Crippen LogP contribution in [0.5, 0.6) is 0 Å². The lowest BCUT2D eigenvalue weighted by Crippen LogP contribution is -2.61. The predicted molar refractivity (Wildman–Crippen MR) is 131 cm³/mol. The second-order valence-corrected chi connectivity index (χ2v) is 9.78. The second-order valence-electron chi connectivity index (χ2n) is 9.78. The summed E-state index contributed by atoms with van der Waals surface area (Å²) >= 11 is 0. The van der Waals surface area contributed by atoms with E-state index in [1.807, 2.05) is 36.7 Å². The molecule has 2 aliphatic rings. The van der Waals surface area contributed by atoms with Gasteiger partial charge in [0.1, 0.15) is 11.9 Å². The van der Waals surface area contributed by atoms with Gasteiger partial charge in [0.2, 0.25) is 5.91 Å². The largest absolute Gasteiger partial charge is 0.355 e. The summed E-state index contributed by atoms with van der Waals surface area (Å²) in [6, 6.07) is 8.47. The lowest BCUT2D eigenvalue weighted by Gasteiger charge is -2.54. The molecule has 0 aliphatic carbocycles. The number of carbonyl (C=O) groups is 1. The van der Waals surface area contributed by atoms with Crippen LogP contribution in [0.15, 0.2) is 49.2 Å². The van der Waals surface area contributed by atoms with Crippen LogP contribution in [0.2, 0.25) is 0 Å². The Bertz CT molecular complexity index is 1460. The van der Waals surface area contributed by atoms with Gasteiger partial charge in [-0.2, -0.15) is 15.5 Å². The average Bonchev–Trinajstić information content (AvgIpc) is 3.48. The number of nitriles is 1. The van der Waals surface area contributed by atoms with E-state index in [0.717, 1.165) is 72.6 Å². The van der Waals surface area contributed by atoms with Gasteiger partial charge in [-0.3, -0.25) is 9.48 Å². The van der Waals surface area contributed by atoms with Crippen molar-refractivity contribution in [1.29, 1.82) is 5.26 Å². The van der Waals surface area contributed by atoms with E-state index in [9.17, 15) is 10.1 Å². The van der Waals surface area contributed by atoms with Gasteiger partial charge in [-0.15, -0.1) is 0 Å². The van der Waals surface area contributed by atoms with Crippen molar-refractivity contribution < 1.29 is 4.79 Å². The number of hydrogen-bond acceptors (Lipinski definition) is 6. The third-order valence-corrected chi connectivity index (χ3v) is 7.48. The number of carbonyl (C=O) groups excluding carboxylic acids is 1. The summed E-state index contributed by atoms with van der Waals surface area (Å²) in [5.74, 6) is 1.13. The molecule has 9 nitrogen and oxygen atoms in total. The molecule has 4 aromatic rings. The number of aryl methyl sites for hydroxylation is 1. The van der Waals surface area contributed by atoms with E-state index < -0.39 is 0 Å². The van der Waals surface area contributed by atoms with E-state index in [-0.39, 0.29) is 5.91 Å². The Balaban J connectivity index is 1.27. The Labute approximate surface area is 203 Å². The molecule has 35 heavy (non-hydrogen) atoms. The van der Waals surface area contributed by atoms with E-state index >= 15 is 0 Å². The van der Waals surface area contributed by atoms with Gasteiger partial charge in [0.15, 0.2) is 0 Å². The molecule has 2 saturated heterocycles. The summed E-state index contributed by atoms with van der Waals surface area (Å²) < 4.78 is 3.53. The topological polar surface area (TPSA) is 95.4 Å². The second kappa shape index (κ2) is 7.94. The summed E-state index contributed by atoms with van der Waals surface area (Å²) in [5.41, 5.74) is 5.41. The highest BCUT2D eigenvalue weighted by Crippen LogP contribution is 2.42. The minimum absolute atomic E-state index is 0.174. The Morgan fingerprint density at radius 1 is 1.03 bits per heavy atom. The Morgan fingerprint density at radius 2 is 1.83 bits per heavy atom. The quantitative estimate of drug-likeness (QED) is 0.460. The van der Waals surface area contributed by atoms with Gasteiger partial charge >= 0.3 is 0 Å². The Morgan fingerprint density at radius 3 is 2.46 bits per heavy atom. The molecule has 0 bridgehead atoms. The lowest BCUT2D eigenvalue weighted by atomic mass is 9.72. The maximum absolute atomic E-state index is 11.6. The van der Waals surface area contributed by atoms with Gasteiger partial charge in [0, 0.05) is 86.4 Å². The number of fused-ring (bicyclic) bond motifs is 1. The van der Waals surface area contributed by atoms with Crippen LogP contribution in [0.3, 0.4) is 0 Å². The summed E-state index contributed by atoms with van der Waals surface area (Å²) in [7, 11) is 1.89. The van der Waals surface area contributed by atoms with E-state index in [4.69, 9.17) is 4.98 Å². The fraction of sp³-hybridized carbons (Fsp3) is 0.346. The van der Waals surface area contributed by atoms with Crippen LogP contribution in [0.25, 0.3) is 27.8 Å². The molecular weight excluding hydrogens is 440 g/mol. The van der Waals surface area contributed by atoms with E-state index in [1.165, 1.54) is 0 Å². The molecule has 2 fully saturated rings. The number of piperidine rings is 1. The van der Waals surface area contributed by atoms with Crippen molar-refractivity contribution in [3.63, 3.8) is 0 Å². The monoisotopic (exact) mass is 466 g/mol. The first-order valence-electron chi connectivity index (χ1n) is 11.8. The highest BCUT2D eigenvalue weighted by Gasteiger charge is 2.45.